The van der Waals surface area contributed by atoms with Gasteiger partial charge in [0.1, 0.15) is 10.8 Å². The Balaban J connectivity index is 1.74. The minimum Gasteiger partial charge on any atom is -0.392 e. The highest BCUT2D eigenvalue weighted by molar-refractivity contribution is 6.07. The van der Waals surface area contributed by atoms with Gasteiger partial charge in [-0.2, -0.15) is 0 Å². The minimum atomic E-state index is -1.91. The molecular formula is C23H12F4O3. The molecule has 2 aromatic rings. The lowest BCUT2D eigenvalue weighted by Crippen LogP contribution is -2.61. The fourth-order valence-corrected chi connectivity index (χ4v) is 7.55. The first-order valence-electron chi connectivity index (χ1n) is 9.78. The molecular weight excluding hydrogens is 400 g/mol. The summed E-state index contributed by atoms with van der Waals surface area (Å²) in [6.07, 6.45) is 4.09. The lowest BCUT2D eigenvalue weighted by Gasteiger charge is -2.58. The lowest BCUT2D eigenvalue weighted by molar-refractivity contribution is -0.157. The molecule has 1 heterocycles. The number of halogens is 4. The first-order valence-corrected chi connectivity index (χ1v) is 9.78. The predicted octanol–water partition coefficient (Wildman–Crippen LogP) is 4.10. The van der Waals surface area contributed by atoms with E-state index in [0.29, 0.717) is 17.5 Å². The van der Waals surface area contributed by atoms with E-state index in [1.807, 2.05) is 12.2 Å². The zero-order valence-electron chi connectivity index (χ0n) is 15.2. The largest absolute Gasteiger partial charge is 0.392 e. The normalized spacial score (nSPS) is 38.4. The second-order valence-electron chi connectivity index (χ2n) is 8.83. The van der Waals surface area contributed by atoms with E-state index in [9.17, 15) is 18.4 Å². The molecule has 2 fully saturated rings. The third-order valence-electron chi connectivity index (χ3n) is 8.25. The average Bonchev–Trinajstić information content (AvgIpc) is 3.42. The summed E-state index contributed by atoms with van der Waals surface area (Å²) in [5.74, 6) is -11.6. The summed E-state index contributed by atoms with van der Waals surface area (Å²) in [4.78, 5) is 26.6. The number of cyclic esters (lactones) is 2. The topological polar surface area (TPSA) is 43.4 Å². The maximum absolute atomic E-state index is 15.2. The number of allylic oxidation sites excluding steroid dienone is 2. The monoisotopic (exact) mass is 412 g/mol. The Morgan fingerprint density at radius 1 is 0.733 bits per heavy atom. The molecule has 0 radical (unpaired) electrons. The highest BCUT2D eigenvalue weighted by Crippen LogP contribution is 2.83. The fraction of sp³-hybridized carbons (Fsp3) is 0.304. The maximum atomic E-state index is 15.2. The van der Waals surface area contributed by atoms with Crippen LogP contribution in [0.4, 0.5) is 17.6 Å². The van der Waals surface area contributed by atoms with Gasteiger partial charge in [-0.15, -0.1) is 0 Å². The van der Waals surface area contributed by atoms with Gasteiger partial charge in [0.25, 0.3) is 0 Å². The summed E-state index contributed by atoms with van der Waals surface area (Å²) < 4.78 is 64.3. The van der Waals surface area contributed by atoms with E-state index < -0.39 is 69.7 Å². The van der Waals surface area contributed by atoms with Crippen molar-refractivity contribution in [1.82, 2.24) is 0 Å². The Kier molecular flexibility index (Phi) is 2.62. The molecule has 1 saturated carbocycles. The highest BCUT2D eigenvalue weighted by Gasteiger charge is 2.87. The quantitative estimate of drug-likeness (QED) is 0.163. The zero-order valence-corrected chi connectivity index (χ0v) is 15.2. The van der Waals surface area contributed by atoms with Gasteiger partial charge in [-0.1, -0.05) is 36.4 Å². The van der Waals surface area contributed by atoms with Gasteiger partial charge in [0.2, 0.25) is 0 Å². The lowest BCUT2D eigenvalue weighted by atomic mass is 9.38. The molecule has 6 aliphatic rings. The van der Waals surface area contributed by atoms with Crippen LogP contribution in [0.1, 0.15) is 40.5 Å². The van der Waals surface area contributed by atoms with Crippen molar-refractivity contribution in [3.8, 4) is 0 Å². The Bertz CT molecular complexity index is 1190. The molecule has 0 N–H and O–H groups in total. The second-order valence-corrected chi connectivity index (χ2v) is 8.83. The average molecular weight is 412 g/mol. The maximum Gasteiger partial charge on any atom is 0.322 e. The van der Waals surface area contributed by atoms with Crippen molar-refractivity contribution in [3.05, 3.63) is 81.9 Å². The van der Waals surface area contributed by atoms with Crippen molar-refractivity contribution in [2.45, 2.75) is 18.3 Å². The zero-order chi connectivity index (χ0) is 20.7. The summed E-state index contributed by atoms with van der Waals surface area (Å²) in [7, 11) is 0. The third kappa shape index (κ3) is 1.29. The van der Waals surface area contributed by atoms with E-state index in [-0.39, 0.29) is 11.1 Å². The molecule has 1 aliphatic heterocycles. The Morgan fingerprint density at radius 2 is 1.17 bits per heavy atom. The molecule has 0 spiro atoms. The first kappa shape index (κ1) is 16.8. The van der Waals surface area contributed by atoms with E-state index in [1.54, 1.807) is 24.3 Å². The van der Waals surface area contributed by atoms with Gasteiger partial charge in [0.05, 0.1) is 0 Å². The number of rotatable bonds is 0. The molecule has 7 heteroatoms. The molecule has 3 nitrogen and oxygen atoms in total. The minimum absolute atomic E-state index is 0.363. The summed E-state index contributed by atoms with van der Waals surface area (Å²) in [6.45, 7) is 0. The van der Waals surface area contributed by atoms with Gasteiger partial charge in [-0.25, -0.2) is 17.6 Å². The molecule has 0 unspecified atom stereocenters. The van der Waals surface area contributed by atoms with E-state index in [2.05, 4.69) is 0 Å². The Morgan fingerprint density at radius 3 is 1.60 bits per heavy atom. The van der Waals surface area contributed by atoms with Crippen molar-refractivity contribution in [2.75, 3.05) is 0 Å². The van der Waals surface area contributed by atoms with Crippen LogP contribution in [0.15, 0.2) is 36.4 Å². The number of benzene rings is 2. The van der Waals surface area contributed by atoms with Crippen molar-refractivity contribution < 1.29 is 31.9 Å². The van der Waals surface area contributed by atoms with Crippen LogP contribution in [-0.2, 0) is 14.3 Å². The molecule has 0 amide bonds. The van der Waals surface area contributed by atoms with Crippen molar-refractivity contribution in [2.24, 2.45) is 22.7 Å². The number of carbonyl (C=O) groups excluding carboxylic acids is 2. The molecule has 5 aliphatic carbocycles. The van der Waals surface area contributed by atoms with Crippen LogP contribution in [0.5, 0.6) is 0 Å². The SMILES string of the molecule is O=C1OC(=O)[C@]23[C@H]4c5ccccc5[C@H](c5c(F)c(F)c(F)c(F)c54)[C@@]12[C@@H]1C=C[C@H]3C1. The van der Waals surface area contributed by atoms with Crippen molar-refractivity contribution in [1.29, 1.82) is 0 Å². The molecule has 6 atom stereocenters. The van der Waals surface area contributed by atoms with E-state index in [4.69, 9.17) is 4.74 Å². The van der Waals surface area contributed by atoms with Crippen LogP contribution in [0.3, 0.4) is 0 Å². The number of fused-ring (bicyclic) bond motifs is 2. The molecule has 8 rings (SSSR count). The molecule has 2 aromatic carbocycles. The van der Waals surface area contributed by atoms with E-state index >= 15 is 8.78 Å². The van der Waals surface area contributed by atoms with Gasteiger partial charge in [0.15, 0.2) is 23.3 Å². The van der Waals surface area contributed by atoms with Gasteiger partial charge in [0, 0.05) is 23.0 Å². The van der Waals surface area contributed by atoms with Gasteiger partial charge in [-0.05, 0) is 29.4 Å². The van der Waals surface area contributed by atoms with E-state index in [0.717, 1.165) is 0 Å². The smallest absolute Gasteiger partial charge is 0.322 e. The van der Waals surface area contributed by atoms with E-state index in [1.165, 1.54) is 0 Å². The summed E-state index contributed by atoms with van der Waals surface area (Å²) in [6, 6.07) is 6.74. The number of hydrogen-bond donors (Lipinski definition) is 0. The number of ether oxygens (including phenoxy) is 1. The van der Waals surface area contributed by atoms with Gasteiger partial charge < -0.3 is 4.74 Å². The summed E-state index contributed by atoms with van der Waals surface area (Å²) >= 11 is 0. The number of hydrogen-bond acceptors (Lipinski definition) is 3. The van der Waals surface area contributed by atoms with Crippen LogP contribution >= 0.6 is 0 Å². The van der Waals surface area contributed by atoms with Gasteiger partial charge in [-0.3, -0.25) is 9.59 Å². The standard InChI is InChI=1S/C23H12F4O3/c24-16-12-13(17(25)19(27)18(16)26)15-11-4-2-1-3-10(11)14(12)22-8-5-6-9(7-8)23(15,22)21(29)30-20(22)28/h1-6,8-9,14-15H,7H2/t8-,9+,14-,15+,22-,23-/m0/s1. The molecule has 0 aromatic heterocycles. The summed E-state index contributed by atoms with van der Waals surface area (Å²) in [5, 5.41) is 0. The van der Waals surface area contributed by atoms with Crippen LogP contribution in [0.25, 0.3) is 0 Å². The fourth-order valence-electron chi connectivity index (χ4n) is 7.55. The third-order valence-corrected chi connectivity index (χ3v) is 8.25. The molecule has 1 saturated heterocycles. The summed E-state index contributed by atoms with van der Waals surface area (Å²) in [5.41, 5.74) is -2.65. The van der Waals surface area contributed by atoms with Crippen molar-refractivity contribution >= 4 is 11.9 Å². The first-order chi connectivity index (χ1) is 14.4. The Labute approximate surface area is 167 Å². The van der Waals surface area contributed by atoms with Crippen LogP contribution in [0, 0.1) is 45.9 Å². The number of carbonyl (C=O) groups is 2. The van der Waals surface area contributed by atoms with Gasteiger partial charge >= 0.3 is 11.9 Å². The molecule has 150 valence electrons. The van der Waals surface area contributed by atoms with Crippen LogP contribution in [0.2, 0.25) is 0 Å². The number of esters is 2. The molecule has 4 bridgehead atoms. The highest BCUT2D eigenvalue weighted by atomic mass is 19.2. The van der Waals surface area contributed by atoms with Crippen LogP contribution in [-0.4, -0.2) is 11.9 Å². The van der Waals surface area contributed by atoms with Crippen LogP contribution < -0.4 is 0 Å². The predicted molar refractivity (Wildman–Crippen MR) is 93.1 cm³/mol. The molecule has 30 heavy (non-hydrogen) atoms. The Hall–Kier alpha value is -2.96. The second kappa shape index (κ2) is 4.68. The van der Waals surface area contributed by atoms with Crippen molar-refractivity contribution in [3.63, 3.8) is 0 Å².